The number of amides is 6. The fourth-order valence-electron chi connectivity index (χ4n) is 6.57. The number of nitrogens with two attached hydrogens (primary N) is 1. The van der Waals surface area contributed by atoms with E-state index in [1.54, 1.807) is 51.1 Å². The van der Waals surface area contributed by atoms with E-state index in [0.29, 0.717) is 24.8 Å². The Morgan fingerprint density at radius 1 is 0.857 bits per heavy atom. The third-order valence-corrected chi connectivity index (χ3v) is 11.1. The number of nitrogens with one attached hydrogen (secondary N) is 4. The summed E-state index contributed by atoms with van der Waals surface area (Å²) in [5.41, 5.74) is 7.07. The van der Waals surface area contributed by atoms with E-state index in [1.165, 1.54) is 4.90 Å². The van der Waals surface area contributed by atoms with Gasteiger partial charge in [-0.1, -0.05) is 94.8 Å². The molecule has 1 aliphatic rings. The highest BCUT2D eigenvalue weighted by atomic mass is 32.2. The summed E-state index contributed by atoms with van der Waals surface area (Å²) in [6.45, 7) is 7.19. The van der Waals surface area contributed by atoms with Crippen LogP contribution in [0.1, 0.15) is 70.9 Å². The number of primary amides is 1. The van der Waals surface area contributed by atoms with E-state index in [9.17, 15) is 42.3 Å². The standard InChI is InChI=1S/C40H58N6O9S/c1-6-26(4)34(39(52)44-33(25(2)3)36(41)49)45-38(51)31-18-13-22-46(31)40(53)35(48)30(24-28-16-11-8-12-17-28)43-37(50)29(21-23-56(5,54)55)42-32(47)20-19-27-14-9-7-10-15-27/h7-12,14-17,25-26,29-31,33-35,48H,6,13,18-24H2,1-5H3,(H2,41,49)(H,42,47)(H,43,50)(H,44,52)(H,45,51)/t26-,29+,30+,31?,33+,34+,35+/m1/s1. The smallest absolute Gasteiger partial charge is 0.254 e. The molecule has 56 heavy (non-hydrogen) atoms. The van der Waals surface area contributed by atoms with Crippen molar-refractivity contribution in [2.75, 3.05) is 18.6 Å². The van der Waals surface area contributed by atoms with E-state index in [4.69, 9.17) is 5.73 Å². The summed E-state index contributed by atoms with van der Waals surface area (Å²) in [5.74, 6) is -5.09. The Bertz CT molecular complexity index is 1760. The van der Waals surface area contributed by atoms with Gasteiger partial charge in [0.25, 0.3) is 5.91 Å². The first-order chi connectivity index (χ1) is 26.4. The molecule has 0 spiro atoms. The monoisotopic (exact) mass is 798 g/mol. The first-order valence-electron chi connectivity index (χ1n) is 19.2. The van der Waals surface area contributed by atoms with Gasteiger partial charge in [0, 0.05) is 19.2 Å². The van der Waals surface area contributed by atoms with E-state index in [1.807, 2.05) is 37.3 Å². The molecule has 3 rings (SSSR count). The lowest BCUT2D eigenvalue weighted by atomic mass is 9.96. The van der Waals surface area contributed by atoms with E-state index in [-0.39, 0.29) is 44.1 Å². The zero-order valence-electron chi connectivity index (χ0n) is 32.9. The SMILES string of the molecule is CC[C@@H](C)[C@H](NC(=O)C1CCCN1C(=O)[C@@H](O)[C@H](Cc1ccccc1)NC(=O)[C@H](CCS(C)(=O)=O)NC(=O)CCc1ccccc1)C(=O)N[C@H](C(N)=O)C(C)C. The minimum absolute atomic E-state index is 0.0158. The molecule has 1 heterocycles. The van der Waals surface area contributed by atoms with E-state index in [2.05, 4.69) is 21.3 Å². The highest BCUT2D eigenvalue weighted by molar-refractivity contribution is 7.90. The van der Waals surface area contributed by atoms with Crippen LogP contribution in [-0.4, -0.2) is 109 Å². The van der Waals surface area contributed by atoms with Crippen LogP contribution >= 0.6 is 0 Å². The molecule has 0 saturated carbocycles. The number of benzene rings is 2. The Morgan fingerprint density at radius 3 is 2.02 bits per heavy atom. The Kier molecular flexibility index (Phi) is 17.5. The van der Waals surface area contributed by atoms with Crippen molar-refractivity contribution >= 4 is 45.3 Å². The molecular weight excluding hydrogens is 741 g/mol. The van der Waals surface area contributed by atoms with Gasteiger partial charge in [0.05, 0.1) is 11.8 Å². The average molecular weight is 799 g/mol. The summed E-state index contributed by atoms with van der Waals surface area (Å²) in [6, 6.07) is 12.4. The summed E-state index contributed by atoms with van der Waals surface area (Å²) >= 11 is 0. The van der Waals surface area contributed by atoms with Crippen LogP contribution in [0.2, 0.25) is 0 Å². The molecule has 1 saturated heterocycles. The number of likely N-dealkylation sites (tertiary alicyclic amines) is 1. The molecule has 1 fully saturated rings. The lowest BCUT2D eigenvalue weighted by molar-refractivity contribution is -0.147. The maximum absolute atomic E-state index is 14.1. The van der Waals surface area contributed by atoms with Crippen molar-refractivity contribution in [3.63, 3.8) is 0 Å². The van der Waals surface area contributed by atoms with Gasteiger partial charge < -0.3 is 37.0 Å². The second-order valence-corrected chi connectivity index (χ2v) is 17.2. The Hall–Kier alpha value is -4.83. The summed E-state index contributed by atoms with van der Waals surface area (Å²) in [4.78, 5) is 81.3. The van der Waals surface area contributed by atoms with Crippen LogP contribution in [0.5, 0.6) is 0 Å². The van der Waals surface area contributed by atoms with Crippen molar-refractivity contribution < 1.29 is 42.3 Å². The first kappa shape index (κ1) is 45.6. The van der Waals surface area contributed by atoms with E-state index in [0.717, 1.165) is 11.8 Å². The van der Waals surface area contributed by atoms with Gasteiger partial charge in [0.15, 0.2) is 6.10 Å². The number of aliphatic hydroxyl groups excluding tert-OH is 1. The molecule has 7 atom stereocenters. The molecule has 2 aromatic carbocycles. The molecule has 16 heteroatoms. The summed E-state index contributed by atoms with van der Waals surface area (Å²) in [7, 11) is -3.54. The van der Waals surface area contributed by atoms with Crippen LogP contribution in [0, 0.1) is 11.8 Å². The fourth-order valence-corrected chi connectivity index (χ4v) is 7.23. The van der Waals surface area contributed by atoms with E-state index < -0.39 is 87.3 Å². The average Bonchev–Trinajstić information content (AvgIpc) is 3.66. The van der Waals surface area contributed by atoms with Gasteiger partial charge in [-0.15, -0.1) is 0 Å². The number of carbonyl (C=O) groups is 6. The zero-order valence-corrected chi connectivity index (χ0v) is 33.7. The minimum Gasteiger partial charge on any atom is -0.381 e. The van der Waals surface area contributed by atoms with Gasteiger partial charge in [-0.2, -0.15) is 0 Å². The molecule has 1 unspecified atom stereocenters. The van der Waals surface area contributed by atoms with Gasteiger partial charge in [0.1, 0.15) is 34.0 Å². The quantitative estimate of drug-likeness (QED) is 0.105. The number of aliphatic hydroxyl groups is 1. The zero-order chi connectivity index (χ0) is 41.6. The van der Waals surface area contributed by atoms with Gasteiger partial charge in [-0.3, -0.25) is 28.8 Å². The maximum atomic E-state index is 14.1. The summed E-state index contributed by atoms with van der Waals surface area (Å²) in [6.07, 6.45) is 0.487. The van der Waals surface area contributed by atoms with Crippen LogP contribution in [0.4, 0.5) is 0 Å². The van der Waals surface area contributed by atoms with Crippen LogP contribution in [0.15, 0.2) is 60.7 Å². The molecule has 308 valence electrons. The number of hydrogen-bond acceptors (Lipinski definition) is 9. The molecule has 0 radical (unpaired) electrons. The number of carbonyl (C=O) groups excluding carboxylic acids is 6. The van der Waals surface area contributed by atoms with Crippen LogP contribution in [-0.2, 0) is 51.4 Å². The highest BCUT2D eigenvalue weighted by Crippen LogP contribution is 2.22. The van der Waals surface area contributed by atoms with Crippen LogP contribution in [0.25, 0.3) is 0 Å². The molecule has 15 nitrogen and oxygen atoms in total. The summed E-state index contributed by atoms with van der Waals surface area (Å²) in [5, 5.41) is 22.4. The lowest BCUT2D eigenvalue weighted by Gasteiger charge is -2.32. The minimum atomic E-state index is -3.54. The van der Waals surface area contributed by atoms with Gasteiger partial charge in [0.2, 0.25) is 29.5 Å². The van der Waals surface area contributed by atoms with Gasteiger partial charge >= 0.3 is 0 Å². The first-order valence-corrected chi connectivity index (χ1v) is 21.2. The second kappa shape index (κ2) is 21.5. The molecule has 7 N–H and O–H groups in total. The maximum Gasteiger partial charge on any atom is 0.254 e. The Balaban J connectivity index is 1.83. The normalized spacial score (nSPS) is 17.5. The van der Waals surface area contributed by atoms with Crippen molar-refractivity contribution in [3.8, 4) is 0 Å². The number of aryl methyl sites for hydroxylation is 1. The van der Waals surface area contributed by atoms with Gasteiger partial charge in [-0.25, -0.2) is 8.42 Å². The third kappa shape index (κ3) is 14.0. The Labute approximate surface area is 329 Å². The number of hydrogen-bond donors (Lipinski definition) is 6. The predicted molar refractivity (Wildman–Crippen MR) is 211 cm³/mol. The molecule has 0 aromatic heterocycles. The summed E-state index contributed by atoms with van der Waals surface area (Å²) < 4.78 is 24.2. The number of sulfone groups is 1. The number of nitrogens with zero attached hydrogens (tertiary/aromatic N) is 1. The predicted octanol–water partition coefficient (Wildman–Crippen LogP) is 0.775. The van der Waals surface area contributed by atoms with Crippen molar-refractivity contribution in [1.82, 2.24) is 26.2 Å². The van der Waals surface area contributed by atoms with Gasteiger partial charge in [-0.05, 0) is 55.1 Å². The highest BCUT2D eigenvalue weighted by Gasteiger charge is 2.42. The van der Waals surface area contributed by atoms with Crippen molar-refractivity contribution in [2.45, 2.75) is 109 Å². The molecule has 0 aliphatic carbocycles. The largest absolute Gasteiger partial charge is 0.381 e. The molecule has 2 aromatic rings. The second-order valence-electron chi connectivity index (χ2n) is 15.0. The molecular formula is C40H58N6O9S. The van der Waals surface area contributed by atoms with E-state index >= 15 is 0 Å². The molecule has 0 bridgehead atoms. The third-order valence-electron chi connectivity index (χ3n) is 10.1. The lowest BCUT2D eigenvalue weighted by Crippen LogP contribution is -2.60. The van der Waals surface area contributed by atoms with Crippen molar-refractivity contribution in [3.05, 3.63) is 71.8 Å². The Morgan fingerprint density at radius 2 is 1.46 bits per heavy atom. The van der Waals surface area contributed by atoms with Crippen LogP contribution in [0.3, 0.4) is 0 Å². The number of rotatable bonds is 21. The van der Waals surface area contributed by atoms with Crippen molar-refractivity contribution in [1.29, 1.82) is 0 Å². The molecule has 1 aliphatic heterocycles. The van der Waals surface area contributed by atoms with Crippen LogP contribution < -0.4 is 27.0 Å². The topological polar surface area (TPSA) is 234 Å². The van der Waals surface area contributed by atoms with Crippen molar-refractivity contribution in [2.24, 2.45) is 17.6 Å². The molecule has 6 amide bonds. The fraction of sp³-hybridized carbons (Fsp3) is 0.550.